The first kappa shape index (κ1) is 11.9. The maximum atomic E-state index is 13.1. The maximum absolute atomic E-state index is 13.1. The van der Waals surface area contributed by atoms with E-state index in [-0.39, 0.29) is 0 Å². The summed E-state index contributed by atoms with van der Waals surface area (Å²) in [5.74, 6) is -6.40. The summed E-state index contributed by atoms with van der Waals surface area (Å²) in [4.78, 5) is 0. The third kappa shape index (κ3) is 2.26. The lowest BCUT2D eigenvalue weighted by atomic mass is 9.99. The number of alkyl halides is 2. The zero-order chi connectivity index (χ0) is 11.6. The molecule has 6 heteroatoms. The lowest BCUT2D eigenvalue weighted by Crippen LogP contribution is -2.21. The predicted octanol–water partition coefficient (Wildman–Crippen LogP) is 2.41. The molecule has 0 bridgehead atoms. The Labute approximate surface area is 82.7 Å². The molecule has 0 aromatic heterocycles. The van der Waals surface area contributed by atoms with E-state index in [1.54, 1.807) is 0 Å². The minimum atomic E-state index is -2.92. The summed E-state index contributed by atoms with van der Waals surface area (Å²) in [7, 11) is 0. The highest BCUT2D eigenvalue weighted by atomic mass is 19.3. The first-order chi connectivity index (χ1) is 6.99. The van der Waals surface area contributed by atoms with Gasteiger partial charge in [-0.1, -0.05) is 6.07 Å². The van der Waals surface area contributed by atoms with Gasteiger partial charge in [0.1, 0.15) is 0 Å². The van der Waals surface area contributed by atoms with Crippen molar-refractivity contribution in [1.82, 2.24) is 0 Å². The fourth-order valence-corrected chi connectivity index (χ4v) is 1.19. The van der Waals surface area contributed by atoms with Gasteiger partial charge >= 0.3 is 0 Å². The smallest absolute Gasteiger partial charge is 0.246 e. The minimum absolute atomic E-state index is 0.542. The maximum Gasteiger partial charge on any atom is 0.246 e. The van der Waals surface area contributed by atoms with E-state index >= 15 is 0 Å². The molecule has 0 heterocycles. The van der Waals surface area contributed by atoms with Gasteiger partial charge in [0.15, 0.2) is 17.5 Å². The van der Waals surface area contributed by atoms with Crippen LogP contribution in [0.4, 0.5) is 22.0 Å². The molecule has 0 saturated carbocycles. The van der Waals surface area contributed by atoms with Crippen LogP contribution >= 0.6 is 0 Å². The molecule has 0 aliphatic heterocycles. The van der Waals surface area contributed by atoms with E-state index < -0.39 is 41.9 Å². The normalized spacial score (nSPS) is 13.3. The highest BCUT2D eigenvalue weighted by molar-refractivity contribution is 5.25. The molecule has 0 fully saturated rings. The molecule has 0 aliphatic carbocycles. The molecule has 1 unspecified atom stereocenters. The Kier molecular flexibility index (Phi) is 3.62. The van der Waals surface area contributed by atoms with Crippen molar-refractivity contribution in [2.45, 2.75) is 12.3 Å². The molecular weight excluding hydrogens is 217 g/mol. The van der Waals surface area contributed by atoms with Crippen molar-refractivity contribution in [1.29, 1.82) is 0 Å². The van der Waals surface area contributed by atoms with Crippen molar-refractivity contribution in [2.24, 2.45) is 5.73 Å². The van der Waals surface area contributed by atoms with Gasteiger partial charge < -0.3 is 5.73 Å². The molecule has 0 radical (unpaired) electrons. The van der Waals surface area contributed by atoms with Gasteiger partial charge in [0, 0.05) is 12.1 Å². The largest absolute Gasteiger partial charge is 0.330 e. The molecule has 1 rings (SSSR count). The van der Waals surface area contributed by atoms with E-state index in [9.17, 15) is 22.0 Å². The van der Waals surface area contributed by atoms with Gasteiger partial charge in [0.2, 0.25) is 6.43 Å². The number of halogens is 5. The molecule has 84 valence electrons. The van der Waals surface area contributed by atoms with Gasteiger partial charge in [0.05, 0.1) is 5.92 Å². The summed E-state index contributed by atoms with van der Waals surface area (Å²) in [6.07, 6.45) is -2.92. The summed E-state index contributed by atoms with van der Waals surface area (Å²) in [5, 5.41) is 0. The Hall–Kier alpha value is -1.17. The lowest BCUT2D eigenvalue weighted by molar-refractivity contribution is 0.115. The van der Waals surface area contributed by atoms with E-state index in [1.807, 2.05) is 0 Å². The minimum Gasteiger partial charge on any atom is -0.330 e. The predicted molar refractivity (Wildman–Crippen MR) is 44.1 cm³/mol. The summed E-state index contributed by atoms with van der Waals surface area (Å²) >= 11 is 0. The zero-order valence-electron chi connectivity index (χ0n) is 7.48. The number of nitrogens with two attached hydrogens (primary N) is 1. The van der Waals surface area contributed by atoms with E-state index in [1.165, 1.54) is 0 Å². The third-order valence-electron chi connectivity index (χ3n) is 2.02. The molecular formula is C9H8F5N. The monoisotopic (exact) mass is 225 g/mol. The summed E-state index contributed by atoms with van der Waals surface area (Å²) in [5.41, 5.74) is 4.39. The van der Waals surface area contributed by atoms with Crippen LogP contribution in [0.2, 0.25) is 0 Å². The van der Waals surface area contributed by atoms with Gasteiger partial charge in [0.25, 0.3) is 0 Å². The number of rotatable bonds is 3. The molecule has 0 spiro atoms. The SMILES string of the molecule is NCC(c1ccc(F)c(F)c1F)C(F)F. The van der Waals surface area contributed by atoms with Gasteiger partial charge in [-0.05, 0) is 6.07 Å². The van der Waals surface area contributed by atoms with Gasteiger partial charge in [-0.3, -0.25) is 0 Å². The van der Waals surface area contributed by atoms with Crippen LogP contribution in [0.5, 0.6) is 0 Å². The number of hydrogen-bond donors (Lipinski definition) is 1. The molecule has 15 heavy (non-hydrogen) atoms. The molecule has 0 aliphatic rings. The van der Waals surface area contributed by atoms with Crippen LogP contribution in [-0.2, 0) is 0 Å². The van der Waals surface area contributed by atoms with Crippen molar-refractivity contribution < 1.29 is 22.0 Å². The molecule has 2 N–H and O–H groups in total. The quantitative estimate of drug-likeness (QED) is 0.620. The van der Waals surface area contributed by atoms with E-state index in [2.05, 4.69) is 0 Å². The van der Waals surface area contributed by atoms with Crippen LogP contribution in [0.1, 0.15) is 11.5 Å². The molecule has 1 atom stereocenters. The van der Waals surface area contributed by atoms with Crippen molar-refractivity contribution in [2.75, 3.05) is 6.54 Å². The molecule has 0 amide bonds. The fourth-order valence-electron chi connectivity index (χ4n) is 1.19. The highest BCUT2D eigenvalue weighted by Crippen LogP contribution is 2.26. The van der Waals surface area contributed by atoms with Gasteiger partial charge in [-0.15, -0.1) is 0 Å². The van der Waals surface area contributed by atoms with Crippen molar-refractivity contribution >= 4 is 0 Å². The Morgan fingerprint density at radius 2 is 1.67 bits per heavy atom. The average molecular weight is 225 g/mol. The van der Waals surface area contributed by atoms with Crippen molar-refractivity contribution in [3.05, 3.63) is 35.1 Å². The summed E-state index contributed by atoms with van der Waals surface area (Å²) in [6, 6.07) is 1.37. The van der Waals surface area contributed by atoms with Gasteiger partial charge in [-0.2, -0.15) is 0 Å². The topological polar surface area (TPSA) is 26.0 Å². The second-order valence-corrected chi connectivity index (χ2v) is 2.94. The van der Waals surface area contributed by atoms with Crippen molar-refractivity contribution in [3.63, 3.8) is 0 Å². The molecule has 0 saturated heterocycles. The lowest BCUT2D eigenvalue weighted by Gasteiger charge is -2.15. The highest BCUT2D eigenvalue weighted by Gasteiger charge is 2.26. The van der Waals surface area contributed by atoms with E-state index in [4.69, 9.17) is 5.73 Å². The number of benzene rings is 1. The Morgan fingerprint density at radius 3 is 2.13 bits per heavy atom. The van der Waals surface area contributed by atoms with Crippen LogP contribution in [0, 0.1) is 17.5 Å². The van der Waals surface area contributed by atoms with Crippen LogP contribution < -0.4 is 5.73 Å². The zero-order valence-corrected chi connectivity index (χ0v) is 7.48. The van der Waals surface area contributed by atoms with Crippen LogP contribution in [0.25, 0.3) is 0 Å². The van der Waals surface area contributed by atoms with Crippen molar-refractivity contribution in [3.8, 4) is 0 Å². The Bertz CT molecular complexity index is 353. The summed E-state index contributed by atoms with van der Waals surface area (Å²) in [6.45, 7) is -0.542. The summed E-state index contributed by atoms with van der Waals surface area (Å²) < 4.78 is 62.9. The number of hydrogen-bond acceptors (Lipinski definition) is 1. The van der Waals surface area contributed by atoms with Crippen LogP contribution in [0.3, 0.4) is 0 Å². The Morgan fingerprint density at radius 1 is 1.07 bits per heavy atom. The first-order valence-corrected chi connectivity index (χ1v) is 4.10. The van der Waals surface area contributed by atoms with Gasteiger partial charge in [-0.25, -0.2) is 22.0 Å². The van der Waals surface area contributed by atoms with E-state index in [0.717, 1.165) is 6.07 Å². The van der Waals surface area contributed by atoms with E-state index in [0.29, 0.717) is 6.07 Å². The fraction of sp³-hybridized carbons (Fsp3) is 0.333. The standard InChI is InChI=1S/C9H8F5N/c10-6-2-1-4(7(11)8(6)12)5(3-15)9(13)14/h1-2,5,9H,3,15H2. The first-order valence-electron chi connectivity index (χ1n) is 4.10. The molecule has 1 aromatic rings. The molecule has 1 aromatic carbocycles. The average Bonchev–Trinajstić information content (AvgIpc) is 2.18. The van der Waals surface area contributed by atoms with Crippen LogP contribution in [0.15, 0.2) is 12.1 Å². The second kappa shape index (κ2) is 4.57. The molecule has 1 nitrogen and oxygen atoms in total. The third-order valence-corrected chi connectivity index (χ3v) is 2.02. The van der Waals surface area contributed by atoms with Crippen LogP contribution in [-0.4, -0.2) is 13.0 Å². The second-order valence-electron chi connectivity index (χ2n) is 2.94. The Balaban J connectivity index is 3.19.